The molecule has 2 heterocycles. The van der Waals surface area contributed by atoms with Gasteiger partial charge in [0.2, 0.25) is 23.5 Å². The predicted octanol–water partition coefficient (Wildman–Crippen LogP) is 1.85. The lowest BCUT2D eigenvalue weighted by molar-refractivity contribution is -0.135. The van der Waals surface area contributed by atoms with Gasteiger partial charge in [-0.05, 0) is 13.3 Å². The molecule has 0 saturated carbocycles. The SMILES string of the molecule is CCC(C)C(=O)NCC(=O)N1CCN(Cc2nc(-c3ccc(C)cc3)no2)CC1. The molecule has 1 aromatic carbocycles. The molecule has 29 heavy (non-hydrogen) atoms. The Balaban J connectivity index is 1.45. The Kier molecular flexibility index (Phi) is 6.98. The largest absolute Gasteiger partial charge is 0.347 e. The first-order valence-electron chi connectivity index (χ1n) is 10.1. The molecule has 1 N–H and O–H groups in total. The van der Waals surface area contributed by atoms with Crippen LogP contribution in [-0.4, -0.2) is 64.5 Å². The molecule has 2 amide bonds. The van der Waals surface area contributed by atoms with Crippen LogP contribution >= 0.6 is 0 Å². The number of carbonyl (C=O) groups is 2. The van der Waals surface area contributed by atoms with E-state index in [2.05, 4.69) is 20.4 Å². The summed E-state index contributed by atoms with van der Waals surface area (Å²) >= 11 is 0. The van der Waals surface area contributed by atoms with E-state index < -0.39 is 0 Å². The first-order valence-corrected chi connectivity index (χ1v) is 10.1. The lowest BCUT2D eigenvalue weighted by Gasteiger charge is -2.34. The van der Waals surface area contributed by atoms with Crippen LogP contribution in [0.3, 0.4) is 0 Å². The number of nitrogens with one attached hydrogen (secondary N) is 1. The normalized spacial score (nSPS) is 15.9. The van der Waals surface area contributed by atoms with E-state index in [4.69, 9.17) is 4.52 Å². The molecule has 8 nitrogen and oxygen atoms in total. The van der Waals surface area contributed by atoms with Crippen LogP contribution in [0.2, 0.25) is 0 Å². The maximum atomic E-state index is 12.3. The van der Waals surface area contributed by atoms with Gasteiger partial charge in [0.05, 0.1) is 13.1 Å². The van der Waals surface area contributed by atoms with Gasteiger partial charge in [0, 0.05) is 37.7 Å². The van der Waals surface area contributed by atoms with Gasteiger partial charge in [0.1, 0.15) is 0 Å². The van der Waals surface area contributed by atoms with E-state index in [0.717, 1.165) is 25.1 Å². The number of amides is 2. The van der Waals surface area contributed by atoms with Crippen molar-refractivity contribution in [2.24, 2.45) is 5.92 Å². The third-order valence-electron chi connectivity index (χ3n) is 5.34. The Morgan fingerprint density at radius 1 is 1.17 bits per heavy atom. The van der Waals surface area contributed by atoms with Crippen molar-refractivity contribution in [3.63, 3.8) is 0 Å². The highest BCUT2D eigenvalue weighted by Gasteiger charge is 2.23. The zero-order chi connectivity index (χ0) is 20.8. The topological polar surface area (TPSA) is 91.6 Å². The summed E-state index contributed by atoms with van der Waals surface area (Å²) in [4.78, 5) is 32.6. The van der Waals surface area contributed by atoms with Crippen molar-refractivity contribution >= 4 is 11.8 Å². The number of aromatic nitrogens is 2. The van der Waals surface area contributed by atoms with Gasteiger partial charge in [-0.15, -0.1) is 0 Å². The Labute approximate surface area is 171 Å². The second-order valence-electron chi connectivity index (χ2n) is 7.56. The highest BCUT2D eigenvalue weighted by molar-refractivity contribution is 5.85. The summed E-state index contributed by atoms with van der Waals surface area (Å²) in [6, 6.07) is 8.00. The molecule has 1 aromatic heterocycles. The summed E-state index contributed by atoms with van der Waals surface area (Å²) in [6.07, 6.45) is 0.764. The van der Waals surface area contributed by atoms with Gasteiger partial charge in [0.15, 0.2) is 0 Å². The highest BCUT2D eigenvalue weighted by Crippen LogP contribution is 2.17. The van der Waals surface area contributed by atoms with Gasteiger partial charge in [-0.25, -0.2) is 0 Å². The molecule has 8 heteroatoms. The monoisotopic (exact) mass is 399 g/mol. The molecule has 1 aliphatic rings. The lowest BCUT2D eigenvalue weighted by Crippen LogP contribution is -2.51. The molecule has 0 spiro atoms. The number of carbonyl (C=O) groups excluding carboxylic acids is 2. The van der Waals surface area contributed by atoms with E-state index in [1.54, 1.807) is 4.90 Å². The van der Waals surface area contributed by atoms with Crippen LogP contribution in [0.1, 0.15) is 31.7 Å². The fourth-order valence-electron chi connectivity index (χ4n) is 3.12. The minimum atomic E-state index is -0.0705. The number of benzene rings is 1. The number of aryl methyl sites for hydroxylation is 1. The molecule has 1 aliphatic heterocycles. The van der Waals surface area contributed by atoms with Crippen molar-refractivity contribution in [2.75, 3.05) is 32.7 Å². The fourth-order valence-corrected chi connectivity index (χ4v) is 3.12. The van der Waals surface area contributed by atoms with Crippen LogP contribution < -0.4 is 5.32 Å². The molecule has 1 atom stereocenters. The lowest BCUT2D eigenvalue weighted by atomic mass is 10.1. The van der Waals surface area contributed by atoms with Gasteiger partial charge >= 0.3 is 0 Å². The van der Waals surface area contributed by atoms with E-state index in [1.807, 2.05) is 45.0 Å². The smallest absolute Gasteiger partial charge is 0.242 e. The summed E-state index contributed by atoms with van der Waals surface area (Å²) in [6.45, 7) is 9.18. The van der Waals surface area contributed by atoms with Crippen molar-refractivity contribution in [2.45, 2.75) is 33.7 Å². The summed E-state index contributed by atoms with van der Waals surface area (Å²) < 4.78 is 5.39. The number of piperazine rings is 1. The van der Waals surface area contributed by atoms with Crippen molar-refractivity contribution in [3.8, 4) is 11.4 Å². The standard InChI is InChI=1S/C21H29N5O3/c1-4-16(3)21(28)22-13-19(27)26-11-9-25(10-12-26)14-18-23-20(24-29-18)17-7-5-15(2)6-8-17/h5-8,16H,4,9-14H2,1-3H3,(H,22,28). The van der Waals surface area contributed by atoms with Crippen LogP contribution in [0.5, 0.6) is 0 Å². The number of rotatable bonds is 7. The maximum absolute atomic E-state index is 12.3. The van der Waals surface area contributed by atoms with Crippen LogP contribution in [-0.2, 0) is 16.1 Å². The predicted molar refractivity (Wildman–Crippen MR) is 109 cm³/mol. The molecule has 1 saturated heterocycles. The fraction of sp³-hybridized carbons (Fsp3) is 0.524. The van der Waals surface area contributed by atoms with Gasteiger partial charge in [0.25, 0.3) is 0 Å². The van der Waals surface area contributed by atoms with Gasteiger partial charge in [-0.2, -0.15) is 4.98 Å². The van der Waals surface area contributed by atoms with E-state index >= 15 is 0 Å². The van der Waals surface area contributed by atoms with Crippen LogP contribution in [0.25, 0.3) is 11.4 Å². The third-order valence-corrected chi connectivity index (χ3v) is 5.34. The van der Waals surface area contributed by atoms with Crippen molar-refractivity contribution in [3.05, 3.63) is 35.7 Å². The third kappa shape index (κ3) is 5.63. The van der Waals surface area contributed by atoms with E-state index in [0.29, 0.717) is 31.3 Å². The molecule has 3 rings (SSSR count). The van der Waals surface area contributed by atoms with Crippen molar-refractivity contribution in [1.82, 2.24) is 25.3 Å². The number of hydrogen-bond acceptors (Lipinski definition) is 6. The minimum absolute atomic E-state index is 0.0410. The second kappa shape index (κ2) is 9.65. The number of nitrogens with zero attached hydrogens (tertiary/aromatic N) is 4. The molecule has 0 radical (unpaired) electrons. The summed E-state index contributed by atoms with van der Waals surface area (Å²) in [7, 11) is 0. The van der Waals surface area contributed by atoms with E-state index in [9.17, 15) is 9.59 Å². The number of hydrogen-bond donors (Lipinski definition) is 1. The Bertz CT molecular complexity index is 825. The van der Waals surface area contributed by atoms with Gasteiger partial charge in [-0.1, -0.05) is 48.8 Å². The van der Waals surface area contributed by atoms with E-state index in [1.165, 1.54) is 5.56 Å². The van der Waals surface area contributed by atoms with Crippen LogP contribution in [0.15, 0.2) is 28.8 Å². The van der Waals surface area contributed by atoms with E-state index in [-0.39, 0.29) is 24.3 Å². The Morgan fingerprint density at radius 3 is 2.52 bits per heavy atom. The van der Waals surface area contributed by atoms with Crippen LogP contribution in [0.4, 0.5) is 0 Å². The average Bonchev–Trinajstić information content (AvgIpc) is 3.20. The Hall–Kier alpha value is -2.74. The molecular formula is C21H29N5O3. The molecule has 1 fully saturated rings. The Morgan fingerprint density at radius 2 is 1.86 bits per heavy atom. The zero-order valence-electron chi connectivity index (χ0n) is 17.4. The molecule has 2 aromatic rings. The van der Waals surface area contributed by atoms with Gasteiger partial charge in [-0.3, -0.25) is 14.5 Å². The molecule has 0 bridgehead atoms. The highest BCUT2D eigenvalue weighted by atomic mass is 16.5. The van der Waals surface area contributed by atoms with Crippen molar-refractivity contribution < 1.29 is 14.1 Å². The first kappa shape index (κ1) is 21.0. The minimum Gasteiger partial charge on any atom is -0.347 e. The molecule has 0 aliphatic carbocycles. The summed E-state index contributed by atoms with van der Waals surface area (Å²) in [5.74, 6) is 0.979. The zero-order valence-corrected chi connectivity index (χ0v) is 17.4. The molecular weight excluding hydrogens is 370 g/mol. The molecule has 156 valence electrons. The second-order valence-corrected chi connectivity index (χ2v) is 7.56. The average molecular weight is 399 g/mol. The van der Waals surface area contributed by atoms with Gasteiger partial charge < -0.3 is 14.7 Å². The maximum Gasteiger partial charge on any atom is 0.242 e. The molecule has 1 unspecified atom stereocenters. The summed E-state index contributed by atoms with van der Waals surface area (Å²) in [5, 5.41) is 6.80. The van der Waals surface area contributed by atoms with Crippen molar-refractivity contribution in [1.29, 1.82) is 0 Å². The van der Waals surface area contributed by atoms with Crippen LogP contribution in [0, 0.1) is 12.8 Å². The summed E-state index contributed by atoms with van der Waals surface area (Å²) in [5.41, 5.74) is 2.12. The quantitative estimate of drug-likeness (QED) is 0.764. The first-order chi connectivity index (χ1) is 14.0.